The molecule has 138 valence electrons. The van der Waals surface area contributed by atoms with E-state index in [-0.39, 0.29) is 11.7 Å². The van der Waals surface area contributed by atoms with E-state index in [1.54, 1.807) is 41.3 Å². The third kappa shape index (κ3) is 5.31. The molecule has 0 aromatic heterocycles. The van der Waals surface area contributed by atoms with Gasteiger partial charge in [0.1, 0.15) is 5.82 Å². The van der Waals surface area contributed by atoms with Crippen molar-refractivity contribution in [2.24, 2.45) is 0 Å². The topological polar surface area (TPSA) is 20.3 Å². The van der Waals surface area contributed by atoms with Crippen LogP contribution in [0.2, 0.25) is 10.0 Å². The minimum absolute atomic E-state index is 0.0787. The van der Waals surface area contributed by atoms with Gasteiger partial charge in [-0.05, 0) is 53.9 Å². The number of amides is 1. The van der Waals surface area contributed by atoms with Crippen molar-refractivity contribution in [1.29, 1.82) is 0 Å². The molecule has 2 nitrogen and oxygen atoms in total. The van der Waals surface area contributed by atoms with E-state index in [0.717, 1.165) is 11.1 Å². The summed E-state index contributed by atoms with van der Waals surface area (Å²) in [6.45, 7) is 0.867. The van der Waals surface area contributed by atoms with Crippen LogP contribution in [0.25, 0.3) is 0 Å². The summed E-state index contributed by atoms with van der Waals surface area (Å²) in [5.41, 5.74) is 2.40. The maximum absolute atomic E-state index is 13.2. The molecule has 0 bridgehead atoms. The van der Waals surface area contributed by atoms with E-state index in [4.69, 9.17) is 23.2 Å². The third-order valence-electron chi connectivity index (χ3n) is 4.26. The molecule has 5 heteroatoms. The first-order chi connectivity index (χ1) is 13.0. The van der Waals surface area contributed by atoms with E-state index < -0.39 is 0 Å². The molecule has 0 saturated carbocycles. The van der Waals surface area contributed by atoms with Crippen molar-refractivity contribution in [2.75, 3.05) is 6.54 Å². The maximum atomic E-state index is 13.2. The zero-order valence-corrected chi connectivity index (χ0v) is 16.1. The van der Waals surface area contributed by atoms with Gasteiger partial charge < -0.3 is 4.90 Å². The van der Waals surface area contributed by atoms with Gasteiger partial charge in [-0.15, -0.1) is 0 Å². The zero-order chi connectivity index (χ0) is 19.2. The maximum Gasteiger partial charge on any atom is 0.254 e. The Morgan fingerprint density at radius 3 is 2.30 bits per heavy atom. The van der Waals surface area contributed by atoms with Gasteiger partial charge in [-0.1, -0.05) is 59.6 Å². The highest BCUT2D eigenvalue weighted by atomic mass is 35.5. The van der Waals surface area contributed by atoms with E-state index in [2.05, 4.69) is 0 Å². The first-order valence-electron chi connectivity index (χ1n) is 8.55. The van der Waals surface area contributed by atoms with Crippen molar-refractivity contribution in [3.8, 4) is 0 Å². The zero-order valence-electron chi connectivity index (χ0n) is 14.5. The summed E-state index contributed by atoms with van der Waals surface area (Å²) >= 11 is 12.2. The minimum Gasteiger partial charge on any atom is -0.334 e. The number of benzene rings is 3. The Kier molecular flexibility index (Phi) is 6.49. The molecular formula is C22H18Cl2FNO. The Balaban J connectivity index is 1.80. The second kappa shape index (κ2) is 9.03. The molecular weight excluding hydrogens is 384 g/mol. The minimum atomic E-state index is -0.298. The Morgan fingerprint density at radius 2 is 1.63 bits per heavy atom. The molecule has 3 rings (SSSR count). The number of carbonyl (C=O) groups excluding carboxylic acids is 1. The molecule has 0 N–H and O–H groups in total. The second-order valence-corrected chi connectivity index (χ2v) is 7.05. The van der Waals surface area contributed by atoms with Gasteiger partial charge in [0, 0.05) is 28.7 Å². The van der Waals surface area contributed by atoms with Crippen LogP contribution in [-0.4, -0.2) is 17.4 Å². The number of halogens is 3. The van der Waals surface area contributed by atoms with E-state index in [9.17, 15) is 9.18 Å². The van der Waals surface area contributed by atoms with E-state index >= 15 is 0 Å². The molecule has 0 atom stereocenters. The van der Waals surface area contributed by atoms with Crippen molar-refractivity contribution in [1.82, 2.24) is 4.90 Å². The molecule has 0 unspecified atom stereocenters. The van der Waals surface area contributed by atoms with Crippen LogP contribution in [-0.2, 0) is 13.0 Å². The van der Waals surface area contributed by atoms with Crippen LogP contribution in [0.1, 0.15) is 21.5 Å². The number of nitrogens with zero attached hydrogens (tertiary/aromatic N) is 1. The van der Waals surface area contributed by atoms with Crippen LogP contribution in [0.3, 0.4) is 0 Å². The van der Waals surface area contributed by atoms with E-state index in [1.165, 1.54) is 12.1 Å². The Bertz CT molecular complexity index is 913. The van der Waals surface area contributed by atoms with Gasteiger partial charge >= 0.3 is 0 Å². The number of hydrogen-bond acceptors (Lipinski definition) is 1. The lowest BCUT2D eigenvalue weighted by molar-refractivity contribution is 0.0745. The lowest BCUT2D eigenvalue weighted by Gasteiger charge is -2.23. The van der Waals surface area contributed by atoms with Gasteiger partial charge in [0.05, 0.1) is 0 Å². The lowest BCUT2D eigenvalue weighted by atomic mass is 10.1. The molecule has 27 heavy (non-hydrogen) atoms. The highest BCUT2D eigenvalue weighted by Crippen LogP contribution is 2.22. The van der Waals surface area contributed by atoms with Gasteiger partial charge in [-0.3, -0.25) is 4.79 Å². The molecule has 0 heterocycles. The van der Waals surface area contributed by atoms with Crippen molar-refractivity contribution in [2.45, 2.75) is 13.0 Å². The van der Waals surface area contributed by atoms with Crippen molar-refractivity contribution in [3.63, 3.8) is 0 Å². The Labute approximate surface area is 168 Å². The summed E-state index contributed by atoms with van der Waals surface area (Å²) in [5, 5.41) is 1.16. The molecule has 0 aliphatic heterocycles. The number of carbonyl (C=O) groups is 1. The molecule has 0 saturated heterocycles. The monoisotopic (exact) mass is 401 g/mol. The van der Waals surface area contributed by atoms with Crippen LogP contribution in [0.5, 0.6) is 0 Å². The molecule has 3 aromatic rings. The Morgan fingerprint density at radius 1 is 0.926 bits per heavy atom. The first-order valence-corrected chi connectivity index (χ1v) is 9.31. The fraction of sp³-hybridized carbons (Fsp3) is 0.136. The summed E-state index contributed by atoms with van der Waals surface area (Å²) in [6, 6.07) is 20.6. The fourth-order valence-electron chi connectivity index (χ4n) is 2.81. The summed E-state index contributed by atoms with van der Waals surface area (Å²) in [6.07, 6.45) is 0.593. The predicted molar refractivity (Wildman–Crippen MR) is 108 cm³/mol. The van der Waals surface area contributed by atoms with Crippen molar-refractivity contribution in [3.05, 3.63) is 105 Å². The summed E-state index contributed by atoms with van der Waals surface area (Å²) in [7, 11) is 0. The third-order valence-corrected chi connectivity index (χ3v) is 4.85. The lowest BCUT2D eigenvalue weighted by Crippen LogP contribution is -2.32. The van der Waals surface area contributed by atoms with Crippen LogP contribution < -0.4 is 0 Å². The highest BCUT2D eigenvalue weighted by molar-refractivity contribution is 6.35. The standard InChI is InChI=1S/C22H18Cl2FNO/c23-19-9-8-17(21(24)14-19)12-13-26(15-16-6-10-20(25)11-7-16)22(27)18-4-2-1-3-5-18/h1-11,14H,12-13,15H2. The largest absolute Gasteiger partial charge is 0.334 e. The molecule has 0 aliphatic carbocycles. The predicted octanol–water partition coefficient (Wildman–Crippen LogP) is 6.02. The molecule has 0 radical (unpaired) electrons. The normalized spacial score (nSPS) is 10.6. The Hall–Kier alpha value is -2.36. The smallest absolute Gasteiger partial charge is 0.254 e. The fourth-order valence-corrected chi connectivity index (χ4v) is 3.31. The summed E-state index contributed by atoms with van der Waals surface area (Å²) in [4.78, 5) is 14.7. The van der Waals surface area contributed by atoms with Crippen molar-refractivity contribution >= 4 is 29.1 Å². The average Bonchev–Trinajstić information content (AvgIpc) is 2.68. The average molecular weight is 402 g/mol. The molecule has 0 spiro atoms. The molecule has 1 amide bonds. The van der Waals surface area contributed by atoms with E-state index in [1.807, 2.05) is 24.3 Å². The van der Waals surface area contributed by atoms with Gasteiger partial charge in [0.2, 0.25) is 0 Å². The van der Waals surface area contributed by atoms with Crippen LogP contribution in [0, 0.1) is 5.82 Å². The first kappa shape index (κ1) is 19.4. The highest BCUT2D eigenvalue weighted by Gasteiger charge is 2.16. The van der Waals surface area contributed by atoms with Crippen LogP contribution in [0.4, 0.5) is 4.39 Å². The second-order valence-electron chi connectivity index (χ2n) is 6.20. The van der Waals surface area contributed by atoms with Gasteiger partial charge in [0.15, 0.2) is 0 Å². The summed E-state index contributed by atoms with van der Waals surface area (Å²) < 4.78 is 13.2. The van der Waals surface area contributed by atoms with Gasteiger partial charge in [0.25, 0.3) is 5.91 Å². The molecule has 0 aliphatic rings. The van der Waals surface area contributed by atoms with Gasteiger partial charge in [-0.2, -0.15) is 0 Å². The number of hydrogen-bond donors (Lipinski definition) is 0. The summed E-state index contributed by atoms with van der Waals surface area (Å²) in [5.74, 6) is -0.377. The van der Waals surface area contributed by atoms with E-state index in [0.29, 0.717) is 35.1 Å². The number of rotatable bonds is 6. The van der Waals surface area contributed by atoms with Gasteiger partial charge in [-0.25, -0.2) is 4.39 Å². The van der Waals surface area contributed by atoms with Crippen LogP contribution >= 0.6 is 23.2 Å². The van der Waals surface area contributed by atoms with Crippen LogP contribution in [0.15, 0.2) is 72.8 Å². The quantitative estimate of drug-likeness (QED) is 0.494. The van der Waals surface area contributed by atoms with Crippen molar-refractivity contribution < 1.29 is 9.18 Å². The molecule has 0 fully saturated rings. The molecule has 3 aromatic carbocycles. The SMILES string of the molecule is O=C(c1ccccc1)N(CCc1ccc(Cl)cc1Cl)Cc1ccc(F)cc1.